The molecule has 2 amide bonds. The first-order valence-corrected chi connectivity index (χ1v) is 21.9. The van der Waals surface area contributed by atoms with Crippen LogP contribution in [0.15, 0.2) is 0 Å². The van der Waals surface area contributed by atoms with E-state index in [0.29, 0.717) is 13.0 Å². The van der Waals surface area contributed by atoms with E-state index >= 15 is 0 Å². The normalized spacial score (nSPS) is 20.9. The molecule has 6 atom stereocenters. The van der Waals surface area contributed by atoms with Crippen LogP contribution in [0.2, 0.25) is 0 Å². The minimum atomic E-state index is -1.48. The van der Waals surface area contributed by atoms with Gasteiger partial charge in [0.1, 0.15) is 24.4 Å². The van der Waals surface area contributed by atoms with Gasteiger partial charge in [0.2, 0.25) is 5.91 Å². The van der Waals surface area contributed by atoms with Gasteiger partial charge in [-0.1, -0.05) is 181 Å². The van der Waals surface area contributed by atoms with Crippen LogP contribution in [0.3, 0.4) is 0 Å². The Hall–Kier alpha value is -1.46. The zero-order valence-corrected chi connectivity index (χ0v) is 33.9. The summed E-state index contributed by atoms with van der Waals surface area (Å²) in [7, 11) is 0. The molecule has 1 saturated heterocycles. The molecule has 10 heteroatoms. The van der Waals surface area contributed by atoms with Gasteiger partial charge in [0.25, 0.3) is 0 Å². The second kappa shape index (κ2) is 32.9. The third-order valence-corrected chi connectivity index (χ3v) is 10.6. The van der Waals surface area contributed by atoms with Crippen molar-refractivity contribution >= 4 is 12.0 Å². The van der Waals surface area contributed by atoms with Gasteiger partial charge in [0.15, 0.2) is 6.23 Å². The van der Waals surface area contributed by atoms with Crippen LogP contribution in [-0.4, -0.2) is 88.6 Å². The van der Waals surface area contributed by atoms with E-state index in [0.717, 1.165) is 38.5 Å². The molecule has 1 heterocycles. The molecule has 0 aliphatic carbocycles. The summed E-state index contributed by atoms with van der Waals surface area (Å²) in [5, 5.41) is 34.2. The summed E-state index contributed by atoms with van der Waals surface area (Å²) < 4.78 is 11.7. The molecule has 0 radical (unpaired) electrons. The lowest BCUT2D eigenvalue weighted by atomic mass is 9.95. The molecular formula is C42H83N3O7. The third kappa shape index (κ3) is 22.7. The molecule has 0 aromatic rings. The SMILES string of the molecule is CCCCCCCCCCCCCCCCCCN(C(=O)OCCCCCCCCCCCCCC)[C@@H]1O[C@H](CO)[C@@H](O)[C@H](O)[C@H]1NC(=O)[C@H](C)N. The fraction of sp³-hybridized carbons (Fsp3) is 0.952. The second-order valence-corrected chi connectivity index (χ2v) is 15.6. The van der Waals surface area contributed by atoms with Crippen LogP contribution in [0.4, 0.5) is 4.79 Å². The number of aliphatic hydroxyl groups is 3. The Morgan fingerprint density at radius 1 is 0.654 bits per heavy atom. The maximum Gasteiger partial charge on any atom is 0.411 e. The van der Waals surface area contributed by atoms with E-state index < -0.39 is 55.2 Å². The fourth-order valence-electron chi connectivity index (χ4n) is 7.15. The molecule has 0 aromatic carbocycles. The predicted octanol–water partition coefficient (Wildman–Crippen LogP) is 8.66. The Morgan fingerprint density at radius 2 is 1.04 bits per heavy atom. The zero-order valence-electron chi connectivity index (χ0n) is 33.9. The monoisotopic (exact) mass is 742 g/mol. The second-order valence-electron chi connectivity index (χ2n) is 15.6. The van der Waals surface area contributed by atoms with Crippen LogP contribution in [0.25, 0.3) is 0 Å². The molecule has 0 aromatic heterocycles. The van der Waals surface area contributed by atoms with E-state index in [4.69, 9.17) is 15.2 Å². The molecule has 1 aliphatic heterocycles. The number of hydrogen-bond donors (Lipinski definition) is 5. The van der Waals surface area contributed by atoms with Crippen LogP contribution in [-0.2, 0) is 14.3 Å². The number of hydrogen-bond acceptors (Lipinski definition) is 8. The van der Waals surface area contributed by atoms with E-state index in [1.165, 1.54) is 147 Å². The lowest BCUT2D eigenvalue weighted by Crippen LogP contribution is -2.69. The number of ether oxygens (including phenoxy) is 2. The van der Waals surface area contributed by atoms with E-state index in [9.17, 15) is 24.9 Å². The minimum absolute atomic E-state index is 0.268. The number of rotatable bonds is 34. The number of nitrogens with one attached hydrogen (secondary N) is 1. The molecule has 6 N–H and O–H groups in total. The Labute approximate surface area is 318 Å². The van der Waals surface area contributed by atoms with Gasteiger partial charge in [-0.2, -0.15) is 0 Å². The Morgan fingerprint density at radius 3 is 1.42 bits per heavy atom. The van der Waals surface area contributed by atoms with Crippen molar-refractivity contribution in [3.8, 4) is 0 Å². The molecule has 0 saturated carbocycles. The van der Waals surface area contributed by atoms with Gasteiger partial charge in [-0.15, -0.1) is 0 Å². The fourth-order valence-corrected chi connectivity index (χ4v) is 7.15. The van der Waals surface area contributed by atoms with Crippen molar-refractivity contribution in [3.63, 3.8) is 0 Å². The first-order chi connectivity index (χ1) is 25.3. The van der Waals surface area contributed by atoms with Crippen LogP contribution < -0.4 is 11.1 Å². The zero-order chi connectivity index (χ0) is 38.2. The summed E-state index contributed by atoms with van der Waals surface area (Å²) in [5.74, 6) is -0.542. The maximum absolute atomic E-state index is 13.6. The molecule has 1 aliphatic rings. The number of nitrogens with two attached hydrogens (primary N) is 1. The van der Waals surface area contributed by atoms with Gasteiger partial charge in [-0.3, -0.25) is 9.69 Å². The summed E-state index contributed by atoms with van der Waals surface area (Å²) in [5.41, 5.74) is 5.79. The number of nitrogens with zero attached hydrogens (tertiary/aromatic N) is 1. The highest BCUT2D eigenvalue weighted by Gasteiger charge is 2.48. The van der Waals surface area contributed by atoms with Crippen molar-refractivity contribution < 1.29 is 34.4 Å². The smallest absolute Gasteiger partial charge is 0.411 e. The number of unbranched alkanes of at least 4 members (excludes halogenated alkanes) is 26. The average Bonchev–Trinajstić information content (AvgIpc) is 3.13. The van der Waals surface area contributed by atoms with E-state index in [2.05, 4.69) is 19.2 Å². The van der Waals surface area contributed by atoms with Crippen molar-refractivity contribution in [1.29, 1.82) is 0 Å². The quantitative estimate of drug-likeness (QED) is 0.0411. The van der Waals surface area contributed by atoms with Gasteiger partial charge >= 0.3 is 6.09 Å². The van der Waals surface area contributed by atoms with Crippen molar-refractivity contribution in [2.24, 2.45) is 5.73 Å². The Kier molecular flexibility index (Phi) is 30.7. The van der Waals surface area contributed by atoms with Gasteiger partial charge in [-0.25, -0.2) is 4.79 Å². The molecule has 1 rings (SSSR count). The largest absolute Gasteiger partial charge is 0.449 e. The summed E-state index contributed by atoms with van der Waals surface area (Å²) in [6, 6.07) is -2.01. The number of aliphatic hydroxyl groups excluding tert-OH is 3. The minimum Gasteiger partial charge on any atom is -0.449 e. The topological polar surface area (TPSA) is 155 Å². The van der Waals surface area contributed by atoms with E-state index in [-0.39, 0.29) is 6.61 Å². The van der Waals surface area contributed by atoms with Crippen molar-refractivity contribution in [2.45, 2.75) is 237 Å². The van der Waals surface area contributed by atoms with Crippen LogP contribution in [0.5, 0.6) is 0 Å². The van der Waals surface area contributed by atoms with Crippen LogP contribution in [0, 0.1) is 0 Å². The highest BCUT2D eigenvalue weighted by molar-refractivity contribution is 5.81. The summed E-state index contributed by atoms with van der Waals surface area (Å²) in [4.78, 5) is 27.6. The number of carbonyl (C=O) groups is 2. The summed E-state index contributed by atoms with van der Waals surface area (Å²) >= 11 is 0. The van der Waals surface area contributed by atoms with Crippen molar-refractivity contribution in [2.75, 3.05) is 19.8 Å². The van der Waals surface area contributed by atoms with Crippen molar-refractivity contribution in [1.82, 2.24) is 10.2 Å². The van der Waals surface area contributed by atoms with E-state index in [1.54, 1.807) is 0 Å². The molecular weight excluding hydrogens is 658 g/mol. The molecule has 0 spiro atoms. The molecule has 10 nitrogen and oxygen atoms in total. The molecule has 308 valence electrons. The molecule has 0 bridgehead atoms. The summed E-state index contributed by atoms with van der Waals surface area (Å²) in [6.45, 7) is 6.04. The van der Waals surface area contributed by atoms with Crippen LogP contribution in [0.1, 0.15) is 201 Å². The van der Waals surface area contributed by atoms with Gasteiger partial charge < -0.3 is 35.8 Å². The number of amides is 2. The lowest BCUT2D eigenvalue weighted by molar-refractivity contribution is -0.226. The maximum atomic E-state index is 13.6. The Bertz CT molecular complexity index is 848. The van der Waals surface area contributed by atoms with E-state index in [1.807, 2.05) is 0 Å². The summed E-state index contributed by atoms with van der Waals surface area (Å²) in [6.07, 6.45) is 28.6. The van der Waals surface area contributed by atoms with Gasteiger partial charge in [0.05, 0.1) is 19.3 Å². The number of carbonyl (C=O) groups excluding carboxylic acids is 2. The lowest BCUT2D eigenvalue weighted by Gasteiger charge is -2.46. The molecule has 1 fully saturated rings. The average molecular weight is 742 g/mol. The predicted molar refractivity (Wildman–Crippen MR) is 212 cm³/mol. The third-order valence-electron chi connectivity index (χ3n) is 10.6. The first-order valence-electron chi connectivity index (χ1n) is 21.9. The molecule has 52 heavy (non-hydrogen) atoms. The standard InChI is InChI=1S/C42H83N3O7/c1-4-6-8-10-12-14-16-18-19-20-21-22-24-26-28-30-32-45(41-37(44-40(49)35(3)43)39(48)38(47)36(34-46)52-41)42(50)51-33-31-29-27-25-23-17-15-13-11-9-7-5-2/h35-39,41,46-48H,4-34,43H2,1-3H3,(H,44,49)/t35-,36+,37+,38+,39+,41+/m0/s1. The van der Waals surface area contributed by atoms with Gasteiger partial charge in [-0.05, 0) is 19.8 Å². The molecule has 0 unspecified atom stereocenters. The van der Waals surface area contributed by atoms with Gasteiger partial charge in [0, 0.05) is 6.54 Å². The first kappa shape index (κ1) is 48.6. The highest BCUT2D eigenvalue weighted by Crippen LogP contribution is 2.26. The highest BCUT2D eigenvalue weighted by atomic mass is 16.6. The van der Waals surface area contributed by atoms with Crippen molar-refractivity contribution in [3.05, 3.63) is 0 Å². The Balaban J connectivity index is 2.56. The van der Waals surface area contributed by atoms with Crippen LogP contribution >= 0.6 is 0 Å².